The summed E-state index contributed by atoms with van der Waals surface area (Å²) in [7, 11) is 0. The van der Waals surface area contributed by atoms with Crippen LogP contribution in [-0.4, -0.2) is 28.7 Å². The zero-order valence-corrected chi connectivity index (χ0v) is 13.7. The van der Waals surface area contributed by atoms with Crippen LogP contribution in [0.4, 0.5) is 10.5 Å². The van der Waals surface area contributed by atoms with E-state index < -0.39 is 5.60 Å². The number of amides is 1. The zero-order chi connectivity index (χ0) is 15.9. The summed E-state index contributed by atoms with van der Waals surface area (Å²) in [5.41, 5.74) is 7.61. The van der Waals surface area contributed by atoms with Gasteiger partial charge in [0, 0.05) is 17.8 Å². The molecule has 0 spiro atoms. The minimum Gasteiger partial charge on any atom is -0.444 e. The first-order valence-corrected chi connectivity index (χ1v) is 8.20. The highest BCUT2D eigenvalue weighted by molar-refractivity contribution is 5.69. The predicted molar refractivity (Wildman–Crippen MR) is 87.7 cm³/mol. The molecule has 0 aliphatic carbocycles. The first-order valence-electron chi connectivity index (χ1n) is 8.20. The fourth-order valence-electron chi connectivity index (χ4n) is 3.87. The van der Waals surface area contributed by atoms with Gasteiger partial charge in [-0.15, -0.1) is 0 Å². The molecule has 2 aliphatic rings. The molecule has 2 aliphatic heterocycles. The number of benzene rings is 1. The molecule has 2 N–H and O–H groups in total. The second-order valence-corrected chi connectivity index (χ2v) is 7.61. The fourth-order valence-corrected chi connectivity index (χ4v) is 3.87. The van der Waals surface area contributed by atoms with E-state index in [1.54, 1.807) is 0 Å². The van der Waals surface area contributed by atoms with E-state index in [9.17, 15) is 4.79 Å². The van der Waals surface area contributed by atoms with Crippen LogP contribution in [0.2, 0.25) is 0 Å². The third-order valence-corrected chi connectivity index (χ3v) is 4.72. The Balaban J connectivity index is 1.73. The molecule has 2 saturated heterocycles. The highest BCUT2D eigenvalue weighted by Gasteiger charge is 2.45. The largest absolute Gasteiger partial charge is 0.444 e. The Bertz CT molecular complexity index is 550. The number of fused-ring (bicyclic) bond motifs is 2. The number of anilines is 1. The quantitative estimate of drug-likeness (QED) is 0.800. The average Bonchev–Trinajstić information content (AvgIpc) is 2.68. The van der Waals surface area contributed by atoms with Crippen molar-refractivity contribution in [2.24, 2.45) is 0 Å². The van der Waals surface area contributed by atoms with Gasteiger partial charge in [0.1, 0.15) is 5.60 Å². The van der Waals surface area contributed by atoms with Gasteiger partial charge < -0.3 is 15.4 Å². The number of nitrogen functional groups attached to an aromatic ring is 1. The first kappa shape index (κ1) is 15.2. The van der Waals surface area contributed by atoms with Crippen LogP contribution in [0, 0.1) is 0 Å². The Labute approximate surface area is 132 Å². The molecule has 1 aromatic rings. The Morgan fingerprint density at radius 2 is 1.86 bits per heavy atom. The van der Waals surface area contributed by atoms with E-state index in [0.29, 0.717) is 18.0 Å². The predicted octanol–water partition coefficient (Wildman–Crippen LogP) is 3.91. The SMILES string of the molecule is CC(C)(C)OC(=O)N1C2CCC1CC(c1cccc(N)c1)C2. The number of nitrogens with two attached hydrogens (primary N) is 1. The lowest BCUT2D eigenvalue weighted by Crippen LogP contribution is -2.48. The van der Waals surface area contributed by atoms with Crippen LogP contribution in [0.25, 0.3) is 0 Å². The molecule has 1 amide bonds. The lowest BCUT2D eigenvalue weighted by atomic mass is 9.85. The second-order valence-electron chi connectivity index (χ2n) is 7.61. The van der Waals surface area contributed by atoms with Crippen molar-refractivity contribution in [3.05, 3.63) is 29.8 Å². The molecule has 120 valence electrons. The Kier molecular flexibility index (Phi) is 3.79. The monoisotopic (exact) mass is 302 g/mol. The average molecular weight is 302 g/mol. The summed E-state index contributed by atoms with van der Waals surface area (Å²) in [5.74, 6) is 0.500. The van der Waals surface area contributed by atoms with Crippen molar-refractivity contribution in [2.75, 3.05) is 5.73 Å². The summed E-state index contributed by atoms with van der Waals surface area (Å²) < 4.78 is 5.59. The molecule has 3 rings (SSSR count). The van der Waals surface area contributed by atoms with E-state index in [0.717, 1.165) is 31.4 Å². The van der Waals surface area contributed by atoms with Gasteiger partial charge in [-0.25, -0.2) is 4.79 Å². The van der Waals surface area contributed by atoms with E-state index >= 15 is 0 Å². The second kappa shape index (κ2) is 5.49. The Hall–Kier alpha value is -1.71. The van der Waals surface area contributed by atoms with Crippen molar-refractivity contribution >= 4 is 11.8 Å². The smallest absolute Gasteiger partial charge is 0.410 e. The molecule has 0 radical (unpaired) electrons. The lowest BCUT2D eigenvalue weighted by molar-refractivity contribution is 0.00584. The van der Waals surface area contributed by atoms with Crippen LogP contribution in [0.15, 0.2) is 24.3 Å². The maximum atomic E-state index is 12.5. The number of carbonyl (C=O) groups is 1. The third-order valence-electron chi connectivity index (χ3n) is 4.72. The third kappa shape index (κ3) is 3.06. The van der Waals surface area contributed by atoms with Gasteiger partial charge in [0.25, 0.3) is 0 Å². The van der Waals surface area contributed by atoms with Gasteiger partial charge in [0.15, 0.2) is 0 Å². The van der Waals surface area contributed by atoms with Gasteiger partial charge in [0.05, 0.1) is 0 Å². The number of carbonyl (C=O) groups excluding carboxylic acids is 1. The highest BCUT2D eigenvalue weighted by Crippen LogP contribution is 2.43. The van der Waals surface area contributed by atoms with Crippen molar-refractivity contribution < 1.29 is 9.53 Å². The summed E-state index contributed by atoms with van der Waals surface area (Å²) in [6, 6.07) is 8.79. The van der Waals surface area contributed by atoms with Gasteiger partial charge in [-0.2, -0.15) is 0 Å². The van der Waals surface area contributed by atoms with Crippen molar-refractivity contribution in [1.82, 2.24) is 4.90 Å². The number of rotatable bonds is 1. The summed E-state index contributed by atoms with van der Waals surface area (Å²) in [5, 5.41) is 0. The minimum atomic E-state index is -0.429. The maximum absolute atomic E-state index is 12.5. The maximum Gasteiger partial charge on any atom is 0.410 e. The van der Waals surface area contributed by atoms with Gasteiger partial charge in [-0.1, -0.05) is 12.1 Å². The summed E-state index contributed by atoms with van der Waals surface area (Å²) in [6.45, 7) is 5.77. The number of hydrogen-bond donors (Lipinski definition) is 1. The highest BCUT2D eigenvalue weighted by atomic mass is 16.6. The molecular weight excluding hydrogens is 276 g/mol. The molecule has 2 unspecified atom stereocenters. The fraction of sp³-hybridized carbons (Fsp3) is 0.611. The molecule has 2 heterocycles. The number of ether oxygens (including phenoxy) is 1. The Morgan fingerprint density at radius 1 is 1.23 bits per heavy atom. The van der Waals surface area contributed by atoms with Crippen LogP contribution < -0.4 is 5.73 Å². The van der Waals surface area contributed by atoms with Crippen molar-refractivity contribution in [1.29, 1.82) is 0 Å². The molecule has 2 fully saturated rings. The van der Waals surface area contributed by atoms with Gasteiger partial charge in [-0.05, 0) is 70.1 Å². The number of hydrogen-bond acceptors (Lipinski definition) is 3. The van der Waals surface area contributed by atoms with Gasteiger partial charge in [-0.3, -0.25) is 0 Å². The summed E-state index contributed by atoms with van der Waals surface area (Å²) >= 11 is 0. The summed E-state index contributed by atoms with van der Waals surface area (Å²) in [6.07, 6.45) is 4.05. The van der Waals surface area contributed by atoms with Gasteiger partial charge >= 0.3 is 6.09 Å². The van der Waals surface area contributed by atoms with Crippen LogP contribution in [-0.2, 0) is 4.74 Å². The molecule has 0 aromatic heterocycles. The van der Waals surface area contributed by atoms with E-state index in [4.69, 9.17) is 10.5 Å². The molecule has 4 nitrogen and oxygen atoms in total. The first-order chi connectivity index (χ1) is 10.3. The minimum absolute atomic E-state index is 0.147. The van der Waals surface area contributed by atoms with Crippen LogP contribution in [0.5, 0.6) is 0 Å². The summed E-state index contributed by atoms with van der Waals surface area (Å²) in [4.78, 5) is 14.4. The zero-order valence-electron chi connectivity index (χ0n) is 13.7. The van der Waals surface area contributed by atoms with E-state index in [1.807, 2.05) is 37.8 Å². The van der Waals surface area contributed by atoms with Crippen LogP contribution >= 0.6 is 0 Å². The molecule has 0 saturated carbocycles. The standard InChI is InChI=1S/C18H26N2O2/c1-18(2,3)22-17(21)20-15-7-8-16(20)11-13(10-15)12-5-4-6-14(19)9-12/h4-6,9,13,15-16H,7-8,10-11,19H2,1-3H3. The Morgan fingerprint density at radius 3 is 2.41 bits per heavy atom. The molecule has 2 atom stereocenters. The van der Waals surface area contributed by atoms with Gasteiger partial charge in [0.2, 0.25) is 0 Å². The number of nitrogens with zero attached hydrogens (tertiary/aromatic N) is 1. The molecular formula is C18H26N2O2. The molecule has 1 aromatic carbocycles. The van der Waals surface area contributed by atoms with E-state index in [-0.39, 0.29) is 6.09 Å². The molecule has 2 bridgehead atoms. The normalized spacial score (nSPS) is 27.8. The lowest BCUT2D eigenvalue weighted by Gasteiger charge is -2.39. The van der Waals surface area contributed by atoms with E-state index in [1.165, 1.54) is 5.56 Å². The topological polar surface area (TPSA) is 55.6 Å². The van der Waals surface area contributed by atoms with Crippen molar-refractivity contribution in [2.45, 2.75) is 70.1 Å². The van der Waals surface area contributed by atoms with Crippen molar-refractivity contribution in [3.8, 4) is 0 Å². The van der Waals surface area contributed by atoms with Crippen LogP contribution in [0.3, 0.4) is 0 Å². The molecule has 4 heteroatoms. The number of piperidine rings is 1. The molecule has 22 heavy (non-hydrogen) atoms. The van der Waals surface area contributed by atoms with E-state index in [2.05, 4.69) is 12.1 Å². The van der Waals surface area contributed by atoms with Crippen LogP contribution in [0.1, 0.15) is 57.9 Å². The van der Waals surface area contributed by atoms with Crippen molar-refractivity contribution in [3.63, 3.8) is 0 Å².